The molecule has 0 spiro atoms. The van der Waals surface area contributed by atoms with E-state index in [1.54, 1.807) is 21.8 Å². The lowest BCUT2D eigenvalue weighted by Crippen LogP contribution is -2.31. The van der Waals surface area contributed by atoms with Crippen molar-refractivity contribution in [1.29, 1.82) is 0 Å². The van der Waals surface area contributed by atoms with Crippen molar-refractivity contribution in [3.05, 3.63) is 35.1 Å². The Morgan fingerprint density at radius 1 is 1.35 bits per heavy atom. The zero-order chi connectivity index (χ0) is 16.6. The number of hydrogen-bond donors (Lipinski definition) is 0. The number of aryl methyl sites for hydroxylation is 1. The molecule has 1 atom stereocenters. The molecular formula is C15H20N4O2S2. The van der Waals surface area contributed by atoms with Crippen LogP contribution < -0.4 is 4.90 Å². The Labute approximate surface area is 140 Å². The molecule has 2 aromatic rings. The van der Waals surface area contributed by atoms with Crippen LogP contribution in [-0.4, -0.2) is 43.3 Å². The van der Waals surface area contributed by atoms with Crippen LogP contribution in [0.1, 0.15) is 30.4 Å². The van der Waals surface area contributed by atoms with Crippen LogP contribution >= 0.6 is 11.3 Å². The molecule has 0 bridgehead atoms. The van der Waals surface area contributed by atoms with Gasteiger partial charge in [0.2, 0.25) is 0 Å². The fourth-order valence-electron chi connectivity index (χ4n) is 2.82. The quantitative estimate of drug-likeness (QED) is 0.845. The van der Waals surface area contributed by atoms with Gasteiger partial charge >= 0.3 is 0 Å². The van der Waals surface area contributed by atoms with E-state index in [0.29, 0.717) is 16.6 Å². The van der Waals surface area contributed by atoms with Crippen molar-refractivity contribution in [2.45, 2.75) is 30.0 Å². The van der Waals surface area contributed by atoms with Gasteiger partial charge < -0.3 is 4.90 Å². The topological polar surface area (TPSA) is 66.4 Å². The van der Waals surface area contributed by atoms with E-state index >= 15 is 0 Å². The molecule has 3 rings (SSSR count). The number of hydrogen-bond acceptors (Lipinski definition) is 6. The summed E-state index contributed by atoms with van der Waals surface area (Å²) >= 11 is 1.25. The number of sulfonamides is 1. The highest BCUT2D eigenvalue weighted by Crippen LogP contribution is 2.37. The molecule has 0 radical (unpaired) electrons. The second-order valence-electron chi connectivity index (χ2n) is 5.80. The summed E-state index contributed by atoms with van der Waals surface area (Å²) in [5.41, 5.74) is 0.777. The lowest BCUT2D eigenvalue weighted by molar-refractivity contribution is 0.390. The van der Waals surface area contributed by atoms with Gasteiger partial charge in [0.15, 0.2) is 0 Å². The fraction of sp³-hybridized carbons (Fsp3) is 0.467. The van der Waals surface area contributed by atoms with Gasteiger partial charge in [-0.3, -0.25) is 0 Å². The Balaban J connectivity index is 2.00. The number of nitrogens with zero attached hydrogens (tertiary/aromatic N) is 4. The molecule has 1 aliphatic rings. The maximum absolute atomic E-state index is 12.9. The van der Waals surface area contributed by atoms with Crippen LogP contribution in [0.4, 0.5) is 5.82 Å². The van der Waals surface area contributed by atoms with Crippen molar-refractivity contribution in [3.8, 4) is 0 Å². The molecule has 3 heterocycles. The largest absolute Gasteiger partial charge is 0.363 e. The number of thiophene rings is 1. The number of anilines is 1. The molecule has 0 saturated carbocycles. The molecule has 0 N–H and O–H groups in total. The minimum atomic E-state index is -3.46. The van der Waals surface area contributed by atoms with Crippen LogP contribution in [0.2, 0.25) is 0 Å². The van der Waals surface area contributed by atoms with Crippen LogP contribution in [0, 0.1) is 6.92 Å². The van der Waals surface area contributed by atoms with Gasteiger partial charge in [0, 0.05) is 26.7 Å². The monoisotopic (exact) mass is 352 g/mol. The molecule has 0 amide bonds. The predicted octanol–water partition coefficient (Wildman–Crippen LogP) is 2.44. The molecule has 8 heteroatoms. The van der Waals surface area contributed by atoms with Gasteiger partial charge in [0.1, 0.15) is 15.9 Å². The third kappa shape index (κ3) is 3.11. The lowest BCUT2D eigenvalue weighted by atomic mass is 10.1. The third-order valence-corrected chi connectivity index (χ3v) is 7.19. The van der Waals surface area contributed by atoms with Gasteiger partial charge in [-0.05, 0) is 31.2 Å². The van der Waals surface area contributed by atoms with Crippen LogP contribution in [0.15, 0.2) is 27.8 Å². The van der Waals surface area contributed by atoms with Crippen LogP contribution in [0.5, 0.6) is 0 Å². The normalized spacial score (nSPS) is 19.2. The molecule has 1 fully saturated rings. The van der Waals surface area contributed by atoms with Crippen molar-refractivity contribution in [1.82, 2.24) is 14.3 Å². The van der Waals surface area contributed by atoms with Crippen molar-refractivity contribution in [3.63, 3.8) is 0 Å². The molecule has 124 valence electrons. The summed E-state index contributed by atoms with van der Waals surface area (Å²) in [6, 6.07) is 5.09. The summed E-state index contributed by atoms with van der Waals surface area (Å²) in [7, 11) is 0.373. The smallest absolute Gasteiger partial charge is 0.253 e. The number of rotatable bonds is 4. The first-order valence-corrected chi connectivity index (χ1v) is 9.80. The van der Waals surface area contributed by atoms with Gasteiger partial charge in [-0.15, -0.1) is 11.3 Å². The second-order valence-corrected chi connectivity index (χ2v) is 8.86. The third-order valence-electron chi connectivity index (χ3n) is 3.91. The minimum absolute atomic E-state index is 0.220. The van der Waals surface area contributed by atoms with E-state index in [1.807, 2.05) is 32.0 Å². The van der Waals surface area contributed by atoms with E-state index < -0.39 is 10.0 Å². The maximum atomic E-state index is 12.9. The van der Waals surface area contributed by atoms with Gasteiger partial charge in [-0.1, -0.05) is 6.07 Å². The maximum Gasteiger partial charge on any atom is 0.253 e. The highest BCUT2D eigenvalue weighted by Gasteiger charge is 2.37. The van der Waals surface area contributed by atoms with Crippen LogP contribution in [0.25, 0.3) is 0 Å². The fourth-order valence-corrected chi connectivity index (χ4v) is 5.61. The second kappa shape index (κ2) is 6.18. The molecule has 2 aromatic heterocycles. The summed E-state index contributed by atoms with van der Waals surface area (Å²) in [5.74, 6) is 1.46. The van der Waals surface area contributed by atoms with E-state index in [1.165, 1.54) is 11.3 Å². The lowest BCUT2D eigenvalue weighted by Gasteiger charge is -2.24. The first kappa shape index (κ1) is 16.4. The predicted molar refractivity (Wildman–Crippen MR) is 91.3 cm³/mol. The molecule has 0 aliphatic carbocycles. The Bertz CT molecular complexity index is 788. The molecule has 0 aromatic carbocycles. The van der Waals surface area contributed by atoms with Crippen LogP contribution in [0.3, 0.4) is 0 Å². The van der Waals surface area contributed by atoms with Crippen molar-refractivity contribution < 1.29 is 8.42 Å². The average molecular weight is 352 g/mol. The molecular weight excluding hydrogens is 332 g/mol. The summed E-state index contributed by atoms with van der Waals surface area (Å²) in [5, 5.41) is 1.79. The van der Waals surface area contributed by atoms with E-state index in [0.717, 1.165) is 24.4 Å². The van der Waals surface area contributed by atoms with Crippen LogP contribution in [-0.2, 0) is 10.0 Å². The zero-order valence-electron chi connectivity index (χ0n) is 13.4. The van der Waals surface area contributed by atoms with Crippen molar-refractivity contribution >= 4 is 27.2 Å². The Morgan fingerprint density at radius 3 is 2.78 bits per heavy atom. The van der Waals surface area contributed by atoms with E-state index in [4.69, 9.17) is 0 Å². The Morgan fingerprint density at radius 2 is 2.13 bits per heavy atom. The molecule has 6 nitrogen and oxygen atoms in total. The summed E-state index contributed by atoms with van der Waals surface area (Å²) < 4.78 is 27.7. The summed E-state index contributed by atoms with van der Waals surface area (Å²) in [4.78, 5) is 10.8. The van der Waals surface area contributed by atoms with E-state index in [9.17, 15) is 8.42 Å². The van der Waals surface area contributed by atoms with Gasteiger partial charge in [-0.2, -0.15) is 4.31 Å². The minimum Gasteiger partial charge on any atom is -0.363 e. The summed E-state index contributed by atoms with van der Waals surface area (Å²) in [6.45, 7) is 2.37. The Hall–Kier alpha value is -1.51. The highest BCUT2D eigenvalue weighted by atomic mass is 32.2. The average Bonchev–Trinajstić information content (AvgIpc) is 3.18. The van der Waals surface area contributed by atoms with Gasteiger partial charge in [-0.25, -0.2) is 18.4 Å². The van der Waals surface area contributed by atoms with Gasteiger partial charge in [0.05, 0.1) is 11.7 Å². The van der Waals surface area contributed by atoms with E-state index in [-0.39, 0.29) is 6.04 Å². The Kier molecular flexibility index (Phi) is 4.39. The molecule has 23 heavy (non-hydrogen) atoms. The first-order chi connectivity index (χ1) is 10.9. The number of aromatic nitrogens is 2. The highest BCUT2D eigenvalue weighted by molar-refractivity contribution is 7.91. The van der Waals surface area contributed by atoms with E-state index in [2.05, 4.69) is 9.97 Å². The SMILES string of the molecule is Cc1nc([C@H]2CCCN2S(=O)(=O)c2cccs2)cc(N(C)C)n1. The standard InChI is InChI=1S/C15H20N4O2S2/c1-11-16-12(10-14(17-11)18(2)3)13-6-4-8-19(13)23(20,21)15-7-5-9-22-15/h5,7,9-10,13H,4,6,8H2,1-3H3/t13-/m1/s1. The molecule has 1 aliphatic heterocycles. The van der Waals surface area contributed by atoms with Crippen molar-refractivity contribution in [2.75, 3.05) is 25.5 Å². The molecule has 1 saturated heterocycles. The summed E-state index contributed by atoms with van der Waals surface area (Å²) in [6.07, 6.45) is 1.63. The first-order valence-electron chi connectivity index (χ1n) is 7.48. The van der Waals surface area contributed by atoms with Gasteiger partial charge in [0.25, 0.3) is 10.0 Å². The molecule has 0 unspecified atom stereocenters. The zero-order valence-corrected chi connectivity index (χ0v) is 15.1. The van der Waals surface area contributed by atoms with Crippen molar-refractivity contribution in [2.24, 2.45) is 0 Å².